The summed E-state index contributed by atoms with van der Waals surface area (Å²) in [6, 6.07) is 21.3. The van der Waals surface area contributed by atoms with Gasteiger partial charge in [0.25, 0.3) is 0 Å². The van der Waals surface area contributed by atoms with Crippen LogP contribution in [0.25, 0.3) is 0 Å². The Kier molecular flexibility index (Phi) is 12.9. The minimum absolute atomic E-state index is 0. The molecule has 4 N–H and O–H groups in total. The topological polar surface area (TPSA) is 146 Å². The van der Waals surface area contributed by atoms with Crippen molar-refractivity contribution in [3.63, 3.8) is 0 Å². The van der Waals surface area contributed by atoms with Gasteiger partial charge < -0.3 is 15.4 Å². The van der Waals surface area contributed by atoms with Gasteiger partial charge in [-0.1, -0.05) is 38.0 Å². The number of ether oxygens (including phenoxy) is 1. The smallest absolute Gasteiger partial charge is 0.319 e. The number of unbranched alkanes of at least 4 members (excludes halogenated alkanes) is 1. The zero-order valence-corrected chi connectivity index (χ0v) is 28.1. The summed E-state index contributed by atoms with van der Waals surface area (Å²) >= 11 is 0. The molecule has 0 aromatic heterocycles. The fraction of sp³-hybridized carbons (Fsp3) is 0.387. The predicted octanol–water partition coefficient (Wildman–Crippen LogP) is 5.99. The van der Waals surface area contributed by atoms with E-state index in [0.717, 1.165) is 57.7 Å². The quantitative estimate of drug-likeness (QED) is 0.174. The fourth-order valence-corrected chi connectivity index (χ4v) is 6.36. The van der Waals surface area contributed by atoms with E-state index in [-0.39, 0.29) is 24.5 Å². The van der Waals surface area contributed by atoms with E-state index in [9.17, 15) is 21.6 Å². The number of carbonyl (C=O) groups is 1. The Balaban J connectivity index is 0.00000552. The van der Waals surface area contributed by atoms with Gasteiger partial charge in [-0.25, -0.2) is 21.6 Å². The summed E-state index contributed by atoms with van der Waals surface area (Å²) in [5.74, 6) is 1.29. The van der Waals surface area contributed by atoms with Crippen molar-refractivity contribution in [3.8, 4) is 11.5 Å². The number of benzene rings is 3. The van der Waals surface area contributed by atoms with Crippen molar-refractivity contribution in [2.75, 3.05) is 33.8 Å². The van der Waals surface area contributed by atoms with Crippen LogP contribution in [0, 0.1) is 0 Å². The molecule has 2 atom stereocenters. The summed E-state index contributed by atoms with van der Waals surface area (Å²) in [6.07, 6.45) is 7.09. The number of hydrogen-bond donors (Lipinski definition) is 4. The third kappa shape index (κ3) is 12.4. The van der Waals surface area contributed by atoms with Crippen LogP contribution in [0.15, 0.2) is 72.8 Å². The van der Waals surface area contributed by atoms with Crippen LogP contribution in [0.2, 0.25) is 0 Å². The lowest BCUT2D eigenvalue weighted by Crippen LogP contribution is -2.50. The van der Waals surface area contributed by atoms with Crippen LogP contribution in [-0.4, -0.2) is 58.9 Å². The number of halogens is 1. The average molecular weight is 680 g/mol. The SMILES string of the molecule is CCCCC1CC(NC(=O)Nc2cccc(NS(C)(=O)=O)c2)CCN1Cc1ccc(Oc2ccc(NS(C)(=O)=O)cc2)cc1.Cl. The Hall–Kier alpha value is -3.52. The zero-order chi connectivity index (χ0) is 31.7. The number of hydrogen-bond acceptors (Lipinski definition) is 7. The molecule has 246 valence electrons. The number of carbonyl (C=O) groups excluding carboxylic acids is 1. The van der Waals surface area contributed by atoms with E-state index < -0.39 is 20.0 Å². The molecule has 1 aliphatic rings. The Morgan fingerprint density at radius 2 is 1.47 bits per heavy atom. The molecule has 0 saturated carbocycles. The first-order valence-corrected chi connectivity index (χ1v) is 18.4. The van der Waals surface area contributed by atoms with Crippen molar-refractivity contribution >= 4 is 55.5 Å². The van der Waals surface area contributed by atoms with Gasteiger partial charge in [-0.15, -0.1) is 12.4 Å². The van der Waals surface area contributed by atoms with Crippen molar-refractivity contribution in [1.82, 2.24) is 10.2 Å². The Morgan fingerprint density at radius 1 is 0.867 bits per heavy atom. The van der Waals surface area contributed by atoms with Gasteiger partial charge in [-0.3, -0.25) is 14.3 Å². The monoisotopic (exact) mass is 679 g/mol. The Bertz CT molecular complexity index is 1620. The molecule has 3 aromatic rings. The van der Waals surface area contributed by atoms with Crippen molar-refractivity contribution in [2.45, 2.75) is 57.7 Å². The molecule has 0 spiro atoms. The number of piperidine rings is 1. The molecule has 4 rings (SSSR count). The number of nitrogens with zero attached hydrogens (tertiary/aromatic N) is 1. The largest absolute Gasteiger partial charge is 0.457 e. The molecular formula is C31H42ClN5O6S2. The molecule has 45 heavy (non-hydrogen) atoms. The lowest BCUT2D eigenvalue weighted by atomic mass is 9.93. The molecule has 0 bridgehead atoms. The number of anilines is 3. The van der Waals surface area contributed by atoms with Crippen LogP contribution >= 0.6 is 12.4 Å². The molecule has 11 nitrogen and oxygen atoms in total. The standard InChI is InChI=1S/C31H41N5O6S2.ClH/c1-4-5-9-28-21-26(33-31(37)32-25-7-6-8-27(20-25)35-44(3,40)41)18-19-36(28)22-23-10-14-29(15-11-23)42-30-16-12-24(13-17-30)34-43(2,38)39;/h6-8,10-17,20,26,28,34-35H,4-5,9,18-19,21-22H2,1-3H3,(H2,32,33,37);1H. The van der Waals surface area contributed by atoms with Crippen LogP contribution < -0.4 is 24.8 Å². The summed E-state index contributed by atoms with van der Waals surface area (Å²) in [5, 5.41) is 5.93. The lowest BCUT2D eigenvalue weighted by Gasteiger charge is -2.40. The number of sulfonamides is 2. The normalized spacial score (nSPS) is 17.0. The van der Waals surface area contributed by atoms with Crippen molar-refractivity contribution in [1.29, 1.82) is 0 Å². The highest BCUT2D eigenvalue weighted by molar-refractivity contribution is 7.92. The van der Waals surface area contributed by atoms with E-state index in [1.807, 2.05) is 12.1 Å². The highest BCUT2D eigenvalue weighted by atomic mass is 35.5. The summed E-state index contributed by atoms with van der Waals surface area (Å²) in [7, 11) is -6.75. The van der Waals surface area contributed by atoms with E-state index in [2.05, 4.69) is 44.0 Å². The summed E-state index contributed by atoms with van der Waals surface area (Å²) in [5.41, 5.74) is 2.53. The first-order chi connectivity index (χ1) is 20.8. The first-order valence-electron chi connectivity index (χ1n) is 14.6. The van der Waals surface area contributed by atoms with Gasteiger partial charge >= 0.3 is 6.03 Å². The van der Waals surface area contributed by atoms with Gasteiger partial charge in [0.05, 0.1) is 18.2 Å². The van der Waals surface area contributed by atoms with Crippen LogP contribution in [0.4, 0.5) is 21.9 Å². The molecule has 0 radical (unpaired) electrons. The molecular weight excluding hydrogens is 638 g/mol. The van der Waals surface area contributed by atoms with Gasteiger partial charge in [0.15, 0.2) is 0 Å². The zero-order valence-electron chi connectivity index (χ0n) is 25.7. The third-order valence-electron chi connectivity index (χ3n) is 7.19. The highest BCUT2D eigenvalue weighted by Gasteiger charge is 2.29. The third-order valence-corrected chi connectivity index (χ3v) is 8.40. The van der Waals surface area contributed by atoms with Crippen LogP contribution in [0.3, 0.4) is 0 Å². The summed E-state index contributed by atoms with van der Waals surface area (Å²) in [6.45, 7) is 3.82. The van der Waals surface area contributed by atoms with E-state index >= 15 is 0 Å². The second kappa shape index (κ2) is 16.2. The molecule has 1 saturated heterocycles. The van der Waals surface area contributed by atoms with Crippen molar-refractivity contribution < 1.29 is 26.4 Å². The Labute approximate surface area is 272 Å². The second-order valence-corrected chi connectivity index (χ2v) is 14.7. The van der Waals surface area contributed by atoms with Crippen LogP contribution in [0.1, 0.15) is 44.6 Å². The van der Waals surface area contributed by atoms with Crippen molar-refractivity contribution in [3.05, 3.63) is 78.4 Å². The molecule has 2 unspecified atom stereocenters. The van der Waals surface area contributed by atoms with Crippen molar-refractivity contribution in [2.24, 2.45) is 0 Å². The van der Waals surface area contributed by atoms with Gasteiger partial charge in [0.2, 0.25) is 20.0 Å². The number of urea groups is 1. The van der Waals surface area contributed by atoms with E-state index in [0.29, 0.717) is 34.6 Å². The number of nitrogens with one attached hydrogen (secondary N) is 4. The van der Waals surface area contributed by atoms with E-state index in [1.54, 1.807) is 48.5 Å². The Morgan fingerprint density at radius 3 is 2.09 bits per heavy atom. The minimum atomic E-state index is -3.41. The molecule has 2 amide bonds. The highest BCUT2D eigenvalue weighted by Crippen LogP contribution is 2.27. The molecule has 0 aliphatic carbocycles. The number of rotatable bonds is 13. The maximum atomic E-state index is 12.8. The second-order valence-electron chi connectivity index (χ2n) is 11.2. The van der Waals surface area contributed by atoms with Crippen LogP contribution in [0.5, 0.6) is 11.5 Å². The molecule has 1 fully saturated rings. The van der Waals surface area contributed by atoms with Crippen LogP contribution in [-0.2, 0) is 26.6 Å². The summed E-state index contributed by atoms with van der Waals surface area (Å²) in [4.78, 5) is 15.3. The van der Waals surface area contributed by atoms with E-state index in [1.165, 1.54) is 5.56 Å². The number of amides is 2. The molecule has 1 aliphatic heterocycles. The maximum absolute atomic E-state index is 12.8. The fourth-order valence-electron chi connectivity index (χ4n) is 5.24. The van der Waals surface area contributed by atoms with Gasteiger partial charge in [-0.05, 0) is 79.4 Å². The van der Waals surface area contributed by atoms with Gasteiger partial charge in [0.1, 0.15) is 11.5 Å². The molecule has 3 aromatic carbocycles. The summed E-state index contributed by atoms with van der Waals surface area (Å²) < 4.78 is 56.7. The first kappa shape index (κ1) is 36.0. The van der Waals surface area contributed by atoms with E-state index in [4.69, 9.17) is 4.74 Å². The van der Waals surface area contributed by atoms with Gasteiger partial charge in [0, 0.05) is 36.5 Å². The average Bonchev–Trinajstić information content (AvgIpc) is 2.93. The lowest BCUT2D eigenvalue weighted by molar-refractivity contribution is 0.111. The minimum Gasteiger partial charge on any atom is -0.457 e. The molecule has 14 heteroatoms. The predicted molar refractivity (Wildman–Crippen MR) is 182 cm³/mol. The maximum Gasteiger partial charge on any atom is 0.319 e. The number of likely N-dealkylation sites (tertiary alicyclic amines) is 1. The molecule has 1 heterocycles. The van der Waals surface area contributed by atoms with Gasteiger partial charge in [-0.2, -0.15) is 0 Å².